The highest BCUT2D eigenvalue weighted by Crippen LogP contribution is 2.32. The number of nitro groups is 2. The third kappa shape index (κ3) is 2.99. The number of aliphatic hydroxyl groups is 1. The van der Waals surface area contributed by atoms with Gasteiger partial charge in [-0.05, 0) is 13.0 Å². The molecule has 0 aliphatic heterocycles. The van der Waals surface area contributed by atoms with Crippen LogP contribution in [-0.4, -0.2) is 20.7 Å². The van der Waals surface area contributed by atoms with Gasteiger partial charge >= 0.3 is 0 Å². The summed E-state index contributed by atoms with van der Waals surface area (Å²) in [4.78, 5) is 30.8. The Morgan fingerprint density at radius 2 is 1.89 bits per heavy atom. The Kier molecular flexibility index (Phi) is 4.07. The minimum absolute atomic E-state index is 0.212. The molecule has 0 amide bonds. The third-order valence-electron chi connectivity index (χ3n) is 2.50. The fourth-order valence-electron chi connectivity index (χ4n) is 1.42. The van der Waals surface area contributed by atoms with E-state index in [9.17, 15) is 30.1 Å². The SMILES string of the molecule is C=C(C(C)=O)C(O)c1ccc([N+](=O)[O-])cc1[N+](=O)[O-]. The van der Waals surface area contributed by atoms with Crippen molar-refractivity contribution in [3.8, 4) is 0 Å². The molecule has 1 aromatic rings. The van der Waals surface area contributed by atoms with Gasteiger partial charge in [-0.2, -0.15) is 0 Å². The number of non-ortho nitro benzene ring substituents is 1. The quantitative estimate of drug-likeness (QED) is 0.491. The van der Waals surface area contributed by atoms with Crippen molar-refractivity contribution in [3.05, 3.63) is 56.1 Å². The van der Waals surface area contributed by atoms with E-state index in [1.807, 2.05) is 0 Å². The minimum Gasteiger partial charge on any atom is -0.383 e. The molecule has 0 radical (unpaired) electrons. The first kappa shape index (κ1) is 14.5. The molecule has 0 fully saturated rings. The zero-order valence-corrected chi connectivity index (χ0v) is 9.90. The van der Waals surface area contributed by atoms with Crippen molar-refractivity contribution < 1.29 is 19.7 Å². The molecule has 0 spiro atoms. The van der Waals surface area contributed by atoms with E-state index in [1.54, 1.807) is 0 Å². The van der Waals surface area contributed by atoms with E-state index in [0.29, 0.717) is 0 Å². The molecule has 1 aromatic carbocycles. The van der Waals surface area contributed by atoms with Gasteiger partial charge in [0.15, 0.2) is 5.78 Å². The lowest BCUT2D eigenvalue weighted by molar-refractivity contribution is -0.394. The van der Waals surface area contributed by atoms with Gasteiger partial charge in [0.25, 0.3) is 11.4 Å². The van der Waals surface area contributed by atoms with Crippen LogP contribution in [0.4, 0.5) is 11.4 Å². The summed E-state index contributed by atoms with van der Waals surface area (Å²) in [7, 11) is 0. The first-order valence-electron chi connectivity index (χ1n) is 5.06. The summed E-state index contributed by atoms with van der Waals surface area (Å²) in [6.45, 7) is 4.49. The van der Waals surface area contributed by atoms with E-state index in [-0.39, 0.29) is 11.1 Å². The van der Waals surface area contributed by atoms with E-state index >= 15 is 0 Å². The summed E-state index contributed by atoms with van der Waals surface area (Å²) < 4.78 is 0. The van der Waals surface area contributed by atoms with Crippen LogP contribution in [0.5, 0.6) is 0 Å². The lowest BCUT2D eigenvalue weighted by atomic mass is 9.98. The molecule has 1 rings (SSSR count). The second kappa shape index (κ2) is 5.36. The highest BCUT2D eigenvalue weighted by atomic mass is 16.6. The summed E-state index contributed by atoms with van der Waals surface area (Å²) >= 11 is 0. The predicted molar refractivity (Wildman–Crippen MR) is 64.5 cm³/mol. The molecule has 0 saturated carbocycles. The first-order valence-corrected chi connectivity index (χ1v) is 5.06. The summed E-state index contributed by atoms with van der Waals surface area (Å²) in [5, 5.41) is 31.2. The van der Waals surface area contributed by atoms with Gasteiger partial charge in [-0.3, -0.25) is 25.0 Å². The number of Topliss-reactive ketones (excluding diaryl/α,β-unsaturated/α-hetero) is 1. The summed E-state index contributed by atoms with van der Waals surface area (Å²) in [6, 6.07) is 2.78. The van der Waals surface area contributed by atoms with Crippen LogP contribution < -0.4 is 0 Å². The number of carbonyl (C=O) groups is 1. The zero-order chi connectivity index (χ0) is 14.7. The van der Waals surface area contributed by atoms with Crippen molar-refractivity contribution in [2.45, 2.75) is 13.0 Å². The zero-order valence-electron chi connectivity index (χ0n) is 9.90. The number of ketones is 1. The average molecular weight is 266 g/mol. The van der Waals surface area contributed by atoms with Gasteiger partial charge in [0.05, 0.1) is 21.5 Å². The average Bonchev–Trinajstić information content (AvgIpc) is 2.35. The van der Waals surface area contributed by atoms with Gasteiger partial charge in [-0.15, -0.1) is 0 Å². The Hall–Kier alpha value is -2.61. The van der Waals surface area contributed by atoms with Crippen molar-refractivity contribution in [3.63, 3.8) is 0 Å². The van der Waals surface area contributed by atoms with Crippen LogP contribution >= 0.6 is 0 Å². The molecule has 0 heterocycles. The van der Waals surface area contributed by atoms with Gasteiger partial charge in [-0.1, -0.05) is 6.58 Å². The van der Waals surface area contributed by atoms with Gasteiger partial charge < -0.3 is 5.11 Å². The topological polar surface area (TPSA) is 124 Å². The molecule has 0 aliphatic rings. The number of aliphatic hydroxyl groups excluding tert-OH is 1. The monoisotopic (exact) mass is 266 g/mol. The molecule has 0 bridgehead atoms. The largest absolute Gasteiger partial charge is 0.383 e. The number of rotatable bonds is 5. The Morgan fingerprint density at radius 3 is 2.32 bits per heavy atom. The summed E-state index contributed by atoms with van der Waals surface area (Å²) in [6.07, 6.45) is -1.57. The number of hydrogen-bond donors (Lipinski definition) is 1. The molecular formula is C11H10N2O6. The Morgan fingerprint density at radius 1 is 1.32 bits per heavy atom. The van der Waals surface area contributed by atoms with Crippen LogP contribution in [-0.2, 0) is 4.79 Å². The molecule has 0 aliphatic carbocycles. The maximum absolute atomic E-state index is 11.1. The van der Waals surface area contributed by atoms with E-state index in [0.717, 1.165) is 25.1 Å². The van der Waals surface area contributed by atoms with Crippen LogP contribution in [0.2, 0.25) is 0 Å². The van der Waals surface area contributed by atoms with Gasteiger partial charge in [-0.25, -0.2) is 0 Å². The number of carbonyl (C=O) groups excluding carboxylic acids is 1. The second-order valence-corrected chi connectivity index (χ2v) is 3.74. The molecule has 1 unspecified atom stereocenters. The minimum atomic E-state index is -1.57. The molecule has 100 valence electrons. The number of benzene rings is 1. The van der Waals surface area contributed by atoms with E-state index < -0.39 is 33.1 Å². The fraction of sp³-hybridized carbons (Fsp3) is 0.182. The van der Waals surface area contributed by atoms with Gasteiger partial charge in [0.1, 0.15) is 6.10 Å². The van der Waals surface area contributed by atoms with E-state index in [2.05, 4.69) is 6.58 Å². The Labute approximate surface area is 107 Å². The first-order chi connectivity index (χ1) is 8.75. The van der Waals surface area contributed by atoms with Crippen molar-refractivity contribution in [2.24, 2.45) is 0 Å². The van der Waals surface area contributed by atoms with E-state index in [1.165, 1.54) is 0 Å². The van der Waals surface area contributed by atoms with Crippen LogP contribution in [0.3, 0.4) is 0 Å². The van der Waals surface area contributed by atoms with Crippen LogP contribution in [0.25, 0.3) is 0 Å². The van der Waals surface area contributed by atoms with Crippen molar-refractivity contribution >= 4 is 17.2 Å². The van der Waals surface area contributed by atoms with Crippen LogP contribution in [0.15, 0.2) is 30.4 Å². The standard InChI is InChI=1S/C11H10N2O6/c1-6(7(2)14)11(15)9-4-3-8(12(16)17)5-10(9)13(18)19/h3-5,11,15H,1H2,2H3. The predicted octanol–water partition coefficient (Wildman–Crippen LogP) is 1.68. The number of hydrogen-bond acceptors (Lipinski definition) is 6. The highest BCUT2D eigenvalue weighted by Gasteiger charge is 2.26. The van der Waals surface area contributed by atoms with Gasteiger partial charge in [0.2, 0.25) is 0 Å². The Bertz CT molecular complexity index is 581. The Balaban J connectivity index is 3.35. The number of nitrogens with zero attached hydrogens (tertiary/aromatic N) is 2. The molecule has 19 heavy (non-hydrogen) atoms. The molecule has 8 heteroatoms. The van der Waals surface area contributed by atoms with Crippen molar-refractivity contribution in [1.29, 1.82) is 0 Å². The maximum Gasteiger partial charge on any atom is 0.282 e. The fourth-order valence-corrected chi connectivity index (χ4v) is 1.42. The van der Waals surface area contributed by atoms with Crippen molar-refractivity contribution in [2.75, 3.05) is 0 Å². The van der Waals surface area contributed by atoms with Crippen LogP contribution in [0.1, 0.15) is 18.6 Å². The highest BCUT2D eigenvalue weighted by molar-refractivity contribution is 5.94. The van der Waals surface area contributed by atoms with Crippen molar-refractivity contribution in [1.82, 2.24) is 0 Å². The smallest absolute Gasteiger partial charge is 0.282 e. The lowest BCUT2D eigenvalue weighted by Crippen LogP contribution is -2.10. The lowest BCUT2D eigenvalue weighted by Gasteiger charge is -2.11. The molecule has 1 N–H and O–H groups in total. The molecule has 0 saturated heterocycles. The molecular weight excluding hydrogens is 256 g/mol. The maximum atomic E-state index is 11.1. The normalized spacial score (nSPS) is 11.7. The van der Waals surface area contributed by atoms with E-state index in [4.69, 9.17) is 0 Å². The summed E-state index contributed by atoms with van der Waals surface area (Å²) in [5.74, 6) is -0.528. The third-order valence-corrected chi connectivity index (χ3v) is 2.50. The molecule has 8 nitrogen and oxygen atoms in total. The van der Waals surface area contributed by atoms with Crippen LogP contribution in [0, 0.1) is 20.2 Å². The van der Waals surface area contributed by atoms with Gasteiger partial charge in [0, 0.05) is 11.6 Å². The molecule has 1 atom stereocenters. The number of nitro benzene ring substituents is 2. The second-order valence-electron chi connectivity index (χ2n) is 3.74. The molecule has 0 aromatic heterocycles. The summed E-state index contributed by atoms with van der Waals surface area (Å²) in [5.41, 5.74) is -1.55.